The number of pyridine rings is 2. The highest BCUT2D eigenvalue weighted by Crippen LogP contribution is 2.23. The van der Waals surface area contributed by atoms with Crippen molar-refractivity contribution < 1.29 is 4.79 Å². The van der Waals surface area contributed by atoms with E-state index >= 15 is 0 Å². The molecule has 1 aliphatic heterocycles. The number of aromatic nitrogens is 4. The minimum atomic E-state index is 0.0779. The Labute approximate surface area is 177 Å². The van der Waals surface area contributed by atoms with Crippen molar-refractivity contribution in [1.82, 2.24) is 24.6 Å². The minimum Gasteiger partial charge on any atom is -0.355 e. The lowest BCUT2D eigenvalue weighted by molar-refractivity contribution is 0.0593. The fourth-order valence-electron chi connectivity index (χ4n) is 4.03. The number of carbonyl (C=O) groups is 1. The Morgan fingerprint density at radius 2 is 2.10 bits per heavy atom. The molecule has 3 aromatic heterocycles. The van der Waals surface area contributed by atoms with Crippen molar-refractivity contribution in [2.75, 3.05) is 18.5 Å². The lowest BCUT2D eigenvalue weighted by Crippen LogP contribution is -2.44. The van der Waals surface area contributed by atoms with Gasteiger partial charge in [-0.25, -0.2) is 4.98 Å². The number of carbonyl (C=O) groups excluding carboxylic acids is 1. The van der Waals surface area contributed by atoms with Gasteiger partial charge in [0.1, 0.15) is 5.82 Å². The molecule has 30 heavy (non-hydrogen) atoms. The maximum absolute atomic E-state index is 13.2. The van der Waals surface area contributed by atoms with Gasteiger partial charge in [-0.3, -0.25) is 14.5 Å². The Bertz CT molecular complexity index is 926. The van der Waals surface area contributed by atoms with E-state index in [-0.39, 0.29) is 11.9 Å². The smallest absolute Gasteiger partial charge is 0.255 e. The van der Waals surface area contributed by atoms with Crippen LogP contribution in [0.25, 0.3) is 0 Å². The highest BCUT2D eigenvalue weighted by molar-refractivity contribution is 5.94. The summed E-state index contributed by atoms with van der Waals surface area (Å²) in [7, 11) is 1.99. The first-order chi connectivity index (χ1) is 14.7. The molecule has 1 fully saturated rings. The second-order valence-electron chi connectivity index (χ2n) is 7.83. The molecule has 0 aliphatic carbocycles. The molecule has 1 atom stereocenters. The molecule has 156 valence electrons. The molecule has 0 unspecified atom stereocenters. The van der Waals surface area contributed by atoms with E-state index in [0.29, 0.717) is 5.56 Å². The van der Waals surface area contributed by atoms with E-state index in [1.165, 1.54) is 6.42 Å². The van der Waals surface area contributed by atoms with Crippen molar-refractivity contribution >= 4 is 11.7 Å². The van der Waals surface area contributed by atoms with Gasteiger partial charge in [-0.2, -0.15) is 5.10 Å². The van der Waals surface area contributed by atoms with Crippen molar-refractivity contribution in [3.63, 3.8) is 0 Å². The molecule has 1 amide bonds. The lowest BCUT2D eigenvalue weighted by atomic mass is 9.98. The Hall–Kier alpha value is -3.22. The average molecular weight is 405 g/mol. The van der Waals surface area contributed by atoms with Crippen LogP contribution in [0, 0.1) is 0 Å². The van der Waals surface area contributed by atoms with E-state index in [1.54, 1.807) is 18.6 Å². The van der Waals surface area contributed by atoms with Crippen molar-refractivity contribution in [1.29, 1.82) is 0 Å². The molecule has 4 heterocycles. The van der Waals surface area contributed by atoms with Crippen molar-refractivity contribution in [3.05, 3.63) is 72.4 Å². The van der Waals surface area contributed by atoms with Crippen LogP contribution >= 0.6 is 0 Å². The molecule has 0 bridgehead atoms. The van der Waals surface area contributed by atoms with Crippen molar-refractivity contribution in [2.45, 2.75) is 44.8 Å². The minimum absolute atomic E-state index is 0.0779. The van der Waals surface area contributed by atoms with Gasteiger partial charge in [0.05, 0.1) is 5.56 Å². The Kier molecular flexibility index (Phi) is 6.37. The van der Waals surface area contributed by atoms with Crippen LogP contribution in [0.2, 0.25) is 0 Å². The normalized spacial score (nSPS) is 16.4. The summed E-state index contributed by atoms with van der Waals surface area (Å²) < 4.78 is 1.94. The number of amides is 1. The van der Waals surface area contributed by atoms with Crippen LogP contribution in [0.15, 0.2) is 61.3 Å². The molecule has 1 aliphatic rings. The second kappa shape index (κ2) is 9.52. The Balaban J connectivity index is 1.40. The van der Waals surface area contributed by atoms with E-state index in [4.69, 9.17) is 0 Å². The third-order valence-corrected chi connectivity index (χ3v) is 5.67. The van der Waals surface area contributed by atoms with Crippen LogP contribution in [-0.4, -0.2) is 50.2 Å². The zero-order valence-electron chi connectivity index (χ0n) is 17.4. The standard InChI is InChI=1S/C23H28N6O/c1-27(18-19-6-4-11-24-16-19)22-9-8-20(17-25-22)23(30)29-14-3-2-7-21(29)10-15-28-13-5-12-26-28/h4-6,8-9,11-13,16-17,21H,2-3,7,10,14-15,18H2,1H3/t21-/m0/s1. The molecule has 0 saturated carbocycles. The predicted octanol–water partition coefficient (Wildman–Crippen LogP) is 3.39. The van der Waals surface area contributed by atoms with E-state index < -0.39 is 0 Å². The van der Waals surface area contributed by atoms with E-state index in [9.17, 15) is 4.79 Å². The number of hydrogen-bond donors (Lipinski definition) is 0. The van der Waals surface area contributed by atoms with Gasteiger partial charge < -0.3 is 9.80 Å². The molecule has 1 saturated heterocycles. The number of rotatable bonds is 7. The largest absolute Gasteiger partial charge is 0.355 e. The SMILES string of the molecule is CN(Cc1cccnc1)c1ccc(C(=O)N2CCCC[C@H]2CCn2cccn2)cn1. The molecule has 0 aromatic carbocycles. The van der Waals surface area contributed by atoms with Gasteiger partial charge in [-0.15, -0.1) is 0 Å². The molecule has 4 rings (SSSR count). The van der Waals surface area contributed by atoms with Gasteiger partial charge >= 0.3 is 0 Å². The van der Waals surface area contributed by atoms with E-state index in [0.717, 1.165) is 50.3 Å². The van der Waals surface area contributed by atoms with Gasteiger partial charge in [-0.1, -0.05) is 6.07 Å². The highest BCUT2D eigenvalue weighted by Gasteiger charge is 2.27. The fraction of sp³-hybridized carbons (Fsp3) is 0.391. The number of aryl methyl sites for hydroxylation is 1. The molecule has 3 aromatic rings. The van der Waals surface area contributed by atoms with Gasteiger partial charge in [0.15, 0.2) is 0 Å². The van der Waals surface area contributed by atoms with Crippen molar-refractivity contribution in [2.24, 2.45) is 0 Å². The lowest BCUT2D eigenvalue weighted by Gasteiger charge is -2.36. The van der Waals surface area contributed by atoms with Crippen LogP contribution < -0.4 is 4.90 Å². The zero-order chi connectivity index (χ0) is 20.8. The van der Waals surface area contributed by atoms with Crippen LogP contribution in [0.4, 0.5) is 5.82 Å². The molecule has 0 radical (unpaired) electrons. The van der Waals surface area contributed by atoms with Gasteiger partial charge in [0, 0.05) is 63.7 Å². The summed E-state index contributed by atoms with van der Waals surface area (Å²) >= 11 is 0. The maximum Gasteiger partial charge on any atom is 0.255 e. The molecule has 7 heteroatoms. The molecule has 0 spiro atoms. The summed E-state index contributed by atoms with van der Waals surface area (Å²) in [6.45, 7) is 2.36. The Morgan fingerprint density at radius 1 is 1.17 bits per heavy atom. The molecule has 7 nitrogen and oxygen atoms in total. The second-order valence-corrected chi connectivity index (χ2v) is 7.83. The van der Waals surface area contributed by atoms with E-state index in [1.807, 2.05) is 59.4 Å². The van der Waals surface area contributed by atoms with E-state index in [2.05, 4.69) is 20.0 Å². The monoisotopic (exact) mass is 404 g/mol. The Morgan fingerprint density at radius 3 is 2.83 bits per heavy atom. The summed E-state index contributed by atoms with van der Waals surface area (Å²) in [6, 6.07) is 9.97. The van der Waals surface area contributed by atoms with Gasteiger partial charge in [-0.05, 0) is 55.5 Å². The molecular weight excluding hydrogens is 376 g/mol. The third kappa shape index (κ3) is 4.84. The van der Waals surface area contributed by atoms with Crippen LogP contribution in [0.5, 0.6) is 0 Å². The first-order valence-electron chi connectivity index (χ1n) is 10.6. The van der Waals surface area contributed by atoms with Crippen molar-refractivity contribution in [3.8, 4) is 0 Å². The van der Waals surface area contributed by atoms with Crippen LogP contribution in [0.1, 0.15) is 41.6 Å². The summed E-state index contributed by atoms with van der Waals surface area (Å²) in [5.41, 5.74) is 1.77. The van der Waals surface area contributed by atoms with Gasteiger partial charge in [0.25, 0.3) is 5.91 Å². The summed E-state index contributed by atoms with van der Waals surface area (Å²) in [6.07, 6.45) is 13.3. The van der Waals surface area contributed by atoms with Crippen LogP contribution in [-0.2, 0) is 13.1 Å². The van der Waals surface area contributed by atoms with Gasteiger partial charge in [0.2, 0.25) is 0 Å². The number of anilines is 1. The van der Waals surface area contributed by atoms with Crippen LogP contribution in [0.3, 0.4) is 0 Å². The topological polar surface area (TPSA) is 67.2 Å². The number of piperidine rings is 1. The predicted molar refractivity (Wildman–Crippen MR) is 116 cm³/mol. The maximum atomic E-state index is 13.2. The molecule has 0 N–H and O–H groups in total. The first-order valence-corrected chi connectivity index (χ1v) is 10.6. The number of hydrogen-bond acceptors (Lipinski definition) is 5. The number of likely N-dealkylation sites (tertiary alicyclic amines) is 1. The molecular formula is C23H28N6O. The summed E-state index contributed by atoms with van der Waals surface area (Å²) in [5, 5.41) is 4.28. The first kappa shape index (κ1) is 20.1. The summed E-state index contributed by atoms with van der Waals surface area (Å²) in [5.74, 6) is 0.915. The highest BCUT2D eigenvalue weighted by atomic mass is 16.2. The zero-order valence-corrected chi connectivity index (χ0v) is 17.4. The summed E-state index contributed by atoms with van der Waals surface area (Å²) in [4.78, 5) is 26.0. The quantitative estimate of drug-likeness (QED) is 0.604. The average Bonchev–Trinajstić information content (AvgIpc) is 3.32. The fourth-order valence-corrected chi connectivity index (χ4v) is 4.03. The third-order valence-electron chi connectivity index (χ3n) is 5.67. The number of nitrogens with zero attached hydrogens (tertiary/aromatic N) is 6.